The maximum atomic E-state index is 13.9. The number of nitrogens with one attached hydrogen (secondary N) is 6. The smallest absolute Gasteiger partial charge is 0.245 e. The van der Waals surface area contributed by atoms with E-state index < -0.39 is 54.4 Å². The van der Waals surface area contributed by atoms with Crippen molar-refractivity contribution < 1.29 is 24.3 Å². The van der Waals surface area contributed by atoms with E-state index in [1.165, 1.54) is 0 Å². The van der Waals surface area contributed by atoms with Gasteiger partial charge in [-0.1, -0.05) is 36.4 Å². The number of H-pyrrole nitrogens is 2. The van der Waals surface area contributed by atoms with Crippen LogP contribution in [0.15, 0.2) is 65.9 Å². The predicted octanol–water partition coefficient (Wildman–Crippen LogP) is -0.567. The van der Waals surface area contributed by atoms with Crippen molar-refractivity contribution in [3.8, 4) is 0 Å². The zero-order chi connectivity index (χ0) is 31.9. The molecular formula is C31H37N9O5. The molecule has 11 N–H and O–H groups in total. The largest absolute Gasteiger partial charge is 0.394 e. The summed E-state index contributed by atoms with van der Waals surface area (Å²) in [6, 6.07) is 10.4. The summed E-state index contributed by atoms with van der Waals surface area (Å²) < 4.78 is 0. The highest BCUT2D eigenvalue weighted by molar-refractivity contribution is 5.98. The number of aliphatic hydroxyl groups is 1. The molecule has 0 aliphatic carbocycles. The Morgan fingerprint density at radius 3 is 1.62 bits per heavy atom. The summed E-state index contributed by atoms with van der Waals surface area (Å²) >= 11 is 0. The Morgan fingerprint density at radius 1 is 0.667 bits per heavy atom. The Bertz CT molecular complexity index is 1720. The first-order valence-corrected chi connectivity index (χ1v) is 14.7. The van der Waals surface area contributed by atoms with Gasteiger partial charge in [-0.05, 0) is 36.1 Å². The highest BCUT2D eigenvalue weighted by Crippen LogP contribution is 2.21. The highest BCUT2D eigenvalue weighted by atomic mass is 16.3. The first kappa shape index (κ1) is 31.1. The zero-order valence-electron chi connectivity index (χ0n) is 24.5. The SMILES string of the molecule is NC(N)=NCCC[C@@H]1NC(=O)[C@H](Cc2c[nH]c3ccccc23)NC(=O)[C@H](Cc2c[nH]c3ccccc23)NC(=O)[C@H](CO)NC1=O. The van der Waals surface area contributed by atoms with Crippen molar-refractivity contribution in [1.82, 2.24) is 31.2 Å². The van der Waals surface area contributed by atoms with Crippen molar-refractivity contribution in [3.05, 3.63) is 72.1 Å². The molecule has 2 aromatic carbocycles. The number of aromatic amines is 2. The molecule has 1 aliphatic rings. The lowest BCUT2D eigenvalue weighted by atomic mass is 10.00. The summed E-state index contributed by atoms with van der Waals surface area (Å²) in [7, 11) is 0. The minimum Gasteiger partial charge on any atom is -0.394 e. The molecule has 5 rings (SSSR count). The molecular weight excluding hydrogens is 578 g/mol. The number of benzene rings is 2. The molecule has 236 valence electrons. The molecule has 4 aromatic rings. The highest BCUT2D eigenvalue weighted by Gasteiger charge is 2.34. The first-order chi connectivity index (χ1) is 21.7. The van der Waals surface area contributed by atoms with Gasteiger partial charge < -0.3 is 47.8 Å². The van der Waals surface area contributed by atoms with Gasteiger partial charge >= 0.3 is 0 Å². The molecule has 0 unspecified atom stereocenters. The maximum absolute atomic E-state index is 13.9. The number of nitrogens with zero attached hydrogens (tertiary/aromatic N) is 1. The van der Waals surface area contributed by atoms with Crippen LogP contribution in [0.1, 0.15) is 24.0 Å². The van der Waals surface area contributed by atoms with E-state index in [4.69, 9.17) is 11.5 Å². The van der Waals surface area contributed by atoms with E-state index in [1.807, 2.05) is 48.5 Å². The number of guanidine groups is 1. The number of para-hydroxylation sites is 2. The number of aromatic nitrogens is 2. The summed E-state index contributed by atoms with van der Waals surface area (Å²) in [6.07, 6.45) is 4.19. The van der Waals surface area contributed by atoms with E-state index >= 15 is 0 Å². The lowest BCUT2D eigenvalue weighted by Crippen LogP contribution is -2.62. The van der Waals surface area contributed by atoms with Gasteiger partial charge in [0.2, 0.25) is 23.6 Å². The van der Waals surface area contributed by atoms with Crippen molar-refractivity contribution in [2.45, 2.75) is 49.9 Å². The van der Waals surface area contributed by atoms with Crippen molar-refractivity contribution in [2.75, 3.05) is 13.2 Å². The summed E-state index contributed by atoms with van der Waals surface area (Å²) in [5, 5.41) is 22.5. The van der Waals surface area contributed by atoms with Crippen LogP contribution in [-0.4, -0.2) is 82.0 Å². The van der Waals surface area contributed by atoms with Gasteiger partial charge in [-0.15, -0.1) is 0 Å². The molecule has 1 fully saturated rings. The second kappa shape index (κ2) is 13.9. The molecule has 14 heteroatoms. The third-order valence-electron chi connectivity index (χ3n) is 7.86. The molecule has 0 spiro atoms. The van der Waals surface area contributed by atoms with Crippen LogP contribution in [0.25, 0.3) is 21.8 Å². The van der Waals surface area contributed by atoms with Crippen LogP contribution < -0.4 is 32.7 Å². The van der Waals surface area contributed by atoms with Crippen molar-refractivity contribution in [2.24, 2.45) is 16.5 Å². The van der Waals surface area contributed by atoms with Gasteiger partial charge in [-0.3, -0.25) is 24.2 Å². The number of nitrogens with two attached hydrogens (primary N) is 2. The number of rotatable bonds is 9. The van der Waals surface area contributed by atoms with Crippen LogP contribution in [0, 0.1) is 0 Å². The Balaban J connectivity index is 1.47. The van der Waals surface area contributed by atoms with Gasteiger partial charge in [-0.2, -0.15) is 0 Å². The Hall–Kier alpha value is -5.37. The number of hydrogen-bond acceptors (Lipinski definition) is 6. The summed E-state index contributed by atoms with van der Waals surface area (Å²) in [4.78, 5) is 64.7. The van der Waals surface area contributed by atoms with E-state index in [2.05, 4.69) is 36.2 Å². The lowest BCUT2D eigenvalue weighted by Gasteiger charge is -2.29. The molecule has 14 nitrogen and oxygen atoms in total. The Labute approximate surface area is 258 Å². The summed E-state index contributed by atoms with van der Waals surface area (Å²) in [5.41, 5.74) is 14.1. The fourth-order valence-electron chi connectivity index (χ4n) is 5.52. The van der Waals surface area contributed by atoms with Crippen LogP contribution in [0.5, 0.6) is 0 Å². The average Bonchev–Trinajstić information content (AvgIpc) is 3.63. The third kappa shape index (κ3) is 7.41. The third-order valence-corrected chi connectivity index (χ3v) is 7.86. The normalized spacial score (nSPS) is 21.3. The van der Waals surface area contributed by atoms with Crippen LogP contribution in [0.4, 0.5) is 0 Å². The number of carbonyl (C=O) groups excluding carboxylic acids is 4. The van der Waals surface area contributed by atoms with E-state index in [0.717, 1.165) is 32.9 Å². The van der Waals surface area contributed by atoms with Crippen LogP contribution in [0.2, 0.25) is 0 Å². The van der Waals surface area contributed by atoms with Gasteiger partial charge in [0.15, 0.2) is 5.96 Å². The molecule has 0 saturated carbocycles. The summed E-state index contributed by atoms with van der Waals surface area (Å²) in [6.45, 7) is -0.520. The molecule has 4 amide bonds. The molecule has 45 heavy (non-hydrogen) atoms. The molecule has 2 aromatic heterocycles. The van der Waals surface area contributed by atoms with Crippen molar-refractivity contribution >= 4 is 51.4 Å². The van der Waals surface area contributed by atoms with Gasteiger partial charge in [0.1, 0.15) is 24.2 Å². The number of carbonyl (C=O) groups is 4. The van der Waals surface area contributed by atoms with Gasteiger partial charge in [0.05, 0.1) is 6.61 Å². The van der Waals surface area contributed by atoms with E-state index in [1.54, 1.807) is 12.4 Å². The average molecular weight is 616 g/mol. The van der Waals surface area contributed by atoms with E-state index in [0.29, 0.717) is 6.42 Å². The Morgan fingerprint density at radius 2 is 1.11 bits per heavy atom. The van der Waals surface area contributed by atoms with Gasteiger partial charge in [0.25, 0.3) is 0 Å². The standard InChI is InChI=1S/C31H37N9O5/c32-31(33)34-11-5-10-23-27(42)40-26(16-41)30(45)39-25(13-18-15-36-22-9-4-2-7-20(18)22)29(44)38-24(28(43)37-23)12-17-14-35-21-8-3-1-6-19(17)21/h1-4,6-9,14-15,23-26,35-36,41H,5,10-13,16H2,(H,37,43)(H,38,44)(H,39,45)(H,40,42)(H4,32,33,34)/t23-,24-,25-,26-/m0/s1. The fraction of sp³-hybridized carbons (Fsp3) is 0.323. The number of fused-ring (bicyclic) bond motifs is 2. The second-order valence-electron chi connectivity index (χ2n) is 11.0. The maximum Gasteiger partial charge on any atom is 0.245 e. The monoisotopic (exact) mass is 615 g/mol. The van der Waals surface area contributed by atoms with E-state index in [-0.39, 0.29) is 31.8 Å². The van der Waals surface area contributed by atoms with Crippen LogP contribution in [-0.2, 0) is 32.0 Å². The van der Waals surface area contributed by atoms with Crippen LogP contribution >= 0.6 is 0 Å². The molecule has 1 aliphatic heterocycles. The number of hydrogen-bond donors (Lipinski definition) is 9. The molecule has 4 atom stereocenters. The molecule has 1 saturated heterocycles. The van der Waals surface area contributed by atoms with Gasteiger partial charge in [-0.25, -0.2) is 0 Å². The first-order valence-electron chi connectivity index (χ1n) is 14.7. The zero-order valence-corrected chi connectivity index (χ0v) is 24.5. The minimum atomic E-state index is -1.37. The quantitative estimate of drug-likeness (QED) is 0.0675. The minimum absolute atomic E-state index is 0.0858. The number of aliphatic imine (C=N–C) groups is 1. The number of amides is 4. The second-order valence-corrected chi connectivity index (χ2v) is 11.0. The predicted molar refractivity (Wildman–Crippen MR) is 169 cm³/mol. The molecule has 0 radical (unpaired) electrons. The van der Waals surface area contributed by atoms with Crippen molar-refractivity contribution in [1.29, 1.82) is 0 Å². The summed E-state index contributed by atoms with van der Waals surface area (Å²) in [5.74, 6) is -2.71. The van der Waals surface area contributed by atoms with E-state index in [9.17, 15) is 24.3 Å². The number of aliphatic hydroxyl groups excluding tert-OH is 1. The van der Waals surface area contributed by atoms with Crippen LogP contribution in [0.3, 0.4) is 0 Å². The van der Waals surface area contributed by atoms with Crippen molar-refractivity contribution in [3.63, 3.8) is 0 Å². The lowest BCUT2D eigenvalue weighted by molar-refractivity contribution is -0.137. The van der Waals surface area contributed by atoms with Gasteiger partial charge in [0, 0.05) is 53.6 Å². The Kier molecular flexibility index (Phi) is 9.63. The molecule has 0 bridgehead atoms. The topological polar surface area (TPSA) is 233 Å². The fourth-order valence-corrected chi connectivity index (χ4v) is 5.52. The molecule has 3 heterocycles.